The van der Waals surface area contributed by atoms with Crippen LogP contribution < -0.4 is 0 Å². The Hall–Kier alpha value is -2.95. The van der Waals surface area contributed by atoms with E-state index in [1.165, 1.54) is 19.2 Å². The molecule has 0 saturated heterocycles. The lowest BCUT2D eigenvalue weighted by Crippen LogP contribution is -2.02. The van der Waals surface area contributed by atoms with Gasteiger partial charge in [0.05, 0.1) is 17.6 Å². The second-order valence-electron chi connectivity index (χ2n) is 4.26. The van der Waals surface area contributed by atoms with Crippen LogP contribution in [0.1, 0.15) is 21.5 Å². The molecule has 5 nitrogen and oxygen atoms in total. The quantitative estimate of drug-likeness (QED) is 0.372. The van der Waals surface area contributed by atoms with Crippen LogP contribution in [0, 0.1) is 10.1 Å². The third-order valence-electron chi connectivity index (χ3n) is 2.90. The first-order valence-corrected chi connectivity index (χ1v) is 6.21. The maximum absolute atomic E-state index is 11.6. The van der Waals surface area contributed by atoms with Crippen LogP contribution in [0.3, 0.4) is 0 Å². The van der Waals surface area contributed by atoms with E-state index < -0.39 is 10.9 Å². The monoisotopic (exact) mass is 283 g/mol. The average Bonchev–Trinajstić information content (AvgIpc) is 2.52. The second kappa shape index (κ2) is 6.47. The Balaban J connectivity index is 2.32. The summed E-state index contributed by atoms with van der Waals surface area (Å²) in [5.41, 5.74) is 1.85. The van der Waals surface area contributed by atoms with Gasteiger partial charge in [0, 0.05) is 12.1 Å². The van der Waals surface area contributed by atoms with Crippen LogP contribution in [0.15, 0.2) is 48.5 Å². The SMILES string of the molecule is COC(=O)c1ccccc1/C=C/c1cccc([N+](=O)[O-])c1. The van der Waals surface area contributed by atoms with Crippen LogP contribution in [-0.2, 0) is 4.74 Å². The van der Waals surface area contributed by atoms with Gasteiger partial charge in [-0.25, -0.2) is 4.79 Å². The Kier molecular flexibility index (Phi) is 4.46. The highest BCUT2D eigenvalue weighted by molar-refractivity contribution is 5.94. The molecule has 0 saturated carbocycles. The second-order valence-corrected chi connectivity index (χ2v) is 4.26. The van der Waals surface area contributed by atoms with Crippen molar-refractivity contribution in [2.45, 2.75) is 0 Å². The van der Waals surface area contributed by atoms with Crippen molar-refractivity contribution >= 4 is 23.8 Å². The van der Waals surface area contributed by atoms with Gasteiger partial charge >= 0.3 is 5.97 Å². The molecule has 2 aromatic carbocycles. The van der Waals surface area contributed by atoms with Crippen LogP contribution >= 0.6 is 0 Å². The number of non-ortho nitro benzene ring substituents is 1. The van der Waals surface area contributed by atoms with E-state index in [1.807, 2.05) is 0 Å². The van der Waals surface area contributed by atoms with E-state index in [2.05, 4.69) is 0 Å². The molecule has 2 rings (SSSR count). The minimum atomic E-state index is -0.445. The number of nitro groups is 1. The van der Waals surface area contributed by atoms with E-state index in [-0.39, 0.29) is 5.69 Å². The van der Waals surface area contributed by atoms with Gasteiger partial charge in [0.15, 0.2) is 0 Å². The van der Waals surface area contributed by atoms with Crippen molar-refractivity contribution in [3.05, 3.63) is 75.3 Å². The number of benzene rings is 2. The summed E-state index contributed by atoms with van der Waals surface area (Å²) >= 11 is 0. The van der Waals surface area contributed by atoms with Crippen molar-refractivity contribution in [2.24, 2.45) is 0 Å². The lowest BCUT2D eigenvalue weighted by Gasteiger charge is -2.03. The fourth-order valence-corrected chi connectivity index (χ4v) is 1.87. The van der Waals surface area contributed by atoms with Crippen LogP contribution in [0.2, 0.25) is 0 Å². The van der Waals surface area contributed by atoms with Crippen LogP contribution in [-0.4, -0.2) is 18.0 Å². The van der Waals surface area contributed by atoms with E-state index in [1.54, 1.807) is 48.6 Å². The highest BCUT2D eigenvalue weighted by Crippen LogP contribution is 2.17. The molecule has 0 N–H and O–H groups in total. The molecular formula is C16H13NO4. The number of ether oxygens (including phenoxy) is 1. The Morgan fingerprint density at radius 3 is 2.62 bits per heavy atom. The summed E-state index contributed by atoms with van der Waals surface area (Å²) in [4.78, 5) is 21.9. The van der Waals surface area contributed by atoms with Crippen molar-refractivity contribution < 1.29 is 14.5 Å². The van der Waals surface area contributed by atoms with E-state index in [0.717, 1.165) is 0 Å². The maximum atomic E-state index is 11.6. The Morgan fingerprint density at radius 1 is 1.14 bits per heavy atom. The Bertz CT molecular complexity index is 707. The van der Waals surface area contributed by atoms with Gasteiger partial charge in [-0.3, -0.25) is 10.1 Å². The number of hydrogen-bond acceptors (Lipinski definition) is 4. The first-order chi connectivity index (χ1) is 10.1. The lowest BCUT2D eigenvalue weighted by atomic mass is 10.1. The van der Waals surface area contributed by atoms with Gasteiger partial charge in [0.2, 0.25) is 0 Å². The lowest BCUT2D eigenvalue weighted by molar-refractivity contribution is -0.384. The van der Waals surface area contributed by atoms with Crippen LogP contribution in [0.4, 0.5) is 5.69 Å². The third kappa shape index (κ3) is 3.54. The molecule has 106 valence electrons. The molecule has 0 aromatic heterocycles. The van der Waals surface area contributed by atoms with Gasteiger partial charge in [0.1, 0.15) is 0 Å². The number of nitro benzene ring substituents is 1. The zero-order valence-electron chi connectivity index (χ0n) is 11.4. The fourth-order valence-electron chi connectivity index (χ4n) is 1.87. The number of esters is 1. The molecule has 0 aliphatic heterocycles. The minimum absolute atomic E-state index is 0.0263. The molecule has 0 bridgehead atoms. The molecule has 0 unspecified atom stereocenters. The van der Waals surface area contributed by atoms with Gasteiger partial charge in [-0.15, -0.1) is 0 Å². The molecule has 0 fully saturated rings. The number of rotatable bonds is 4. The summed E-state index contributed by atoms with van der Waals surface area (Å²) in [5, 5.41) is 10.7. The molecule has 0 aliphatic carbocycles. The predicted octanol–water partition coefficient (Wildman–Crippen LogP) is 3.55. The average molecular weight is 283 g/mol. The van der Waals surface area contributed by atoms with Crippen molar-refractivity contribution in [3.63, 3.8) is 0 Å². The molecule has 0 amide bonds. The van der Waals surface area contributed by atoms with Gasteiger partial charge < -0.3 is 4.74 Å². The van der Waals surface area contributed by atoms with Crippen LogP contribution in [0.5, 0.6) is 0 Å². The zero-order chi connectivity index (χ0) is 15.2. The zero-order valence-corrected chi connectivity index (χ0v) is 11.4. The maximum Gasteiger partial charge on any atom is 0.338 e. The Morgan fingerprint density at radius 2 is 1.90 bits per heavy atom. The van der Waals surface area contributed by atoms with E-state index in [9.17, 15) is 14.9 Å². The summed E-state index contributed by atoms with van der Waals surface area (Å²) in [5.74, 6) is -0.422. The Labute approximate surface area is 121 Å². The van der Waals surface area contributed by atoms with Crippen molar-refractivity contribution in [3.8, 4) is 0 Å². The first-order valence-electron chi connectivity index (χ1n) is 6.21. The third-order valence-corrected chi connectivity index (χ3v) is 2.90. The molecule has 0 radical (unpaired) electrons. The first kappa shape index (κ1) is 14.5. The summed E-state index contributed by atoms with van der Waals surface area (Å²) < 4.78 is 4.72. The largest absolute Gasteiger partial charge is 0.465 e. The van der Waals surface area contributed by atoms with Crippen molar-refractivity contribution in [2.75, 3.05) is 7.11 Å². The predicted molar refractivity (Wildman–Crippen MR) is 79.8 cm³/mol. The molecule has 0 heterocycles. The molecule has 2 aromatic rings. The van der Waals surface area contributed by atoms with Gasteiger partial charge in [-0.1, -0.05) is 42.5 Å². The van der Waals surface area contributed by atoms with Crippen LogP contribution in [0.25, 0.3) is 12.2 Å². The molecule has 21 heavy (non-hydrogen) atoms. The van der Waals surface area contributed by atoms with Crippen molar-refractivity contribution in [1.82, 2.24) is 0 Å². The minimum Gasteiger partial charge on any atom is -0.465 e. The van der Waals surface area contributed by atoms with Gasteiger partial charge in [0.25, 0.3) is 5.69 Å². The highest BCUT2D eigenvalue weighted by Gasteiger charge is 2.08. The van der Waals surface area contributed by atoms with Gasteiger partial charge in [-0.05, 0) is 17.2 Å². The smallest absolute Gasteiger partial charge is 0.338 e. The van der Waals surface area contributed by atoms with Crippen molar-refractivity contribution in [1.29, 1.82) is 0 Å². The van der Waals surface area contributed by atoms with E-state index >= 15 is 0 Å². The van der Waals surface area contributed by atoms with Gasteiger partial charge in [-0.2, -0.15) is 0 Å². The number of hydrogen-bond donors (Lipinski definition) is 0. The fraction of sp³-hybridized carbons (Fsp3) is 0.0625. The summed E-state index contributed by atoms with van der Waals surface area (Å²) in [6, 6.07) is 13.3. The summed E-state index contributed by atoms with van der Waals surface area (Å²) in [6.07, 6.45) is 3.44. The molecule has 0 aliphatic rings. The normalized spacial score (nSPS) is 10.5. The molecule has 5 heteroatoms. The summed E-state index contributed by atoms with van der Waals surface area (Å²) in [6.45, 7) is 0. The van der Waals surface area contributed by atoms with E-state index in [4.69, 9.17) is 4.74 Å². The topological polar surface area (TPSA) is 69.4 Å². The number of nitrogens with zero attached hydrogens (tertiary/aromatic N) is 1. The number of methoxy groups -OCH3 is 1. The highest BCUT2D eigenvalue weighted by atomic mass is 16.6. The molecule has 0 atom stereocenters. The summed E-state index contributed by atoms with van der Waals surface area (Å²) in [7, 11) is 1.32. The standard InChI is InChI=1S/C16H13NO4/c1-21-16(18)15-8-3-2-6-13(15)10-9-12-5-4-7-14(11-12)17(19)20/h2-11H,1H3/b10-9+. The number of carbonyl (C=O) groups excluding carboxylic acids is 1. The van der Waals surface area contributed by atoms with E-state index in [0.29, 0.717) is 16.7 Å². The number of carbonyl (C=O) groups is 1. The molecular weight excluding hydrogens is 270 g/mol. The molecule has 0 spiro atoms.